The number of aromatic nitrogens is 2. The van der Waals surface area contributed by atoms with Gasteiger partial charge >= 0.3 is 0 Å². The maximum Gasteiger partial charge on any atom is 0.217 e. The molecule has 2 aromatic heterocycles. The molecule has 0 unspecified atom stereocenters. The fraction of sp³-hybridized carbons (Fsp3) is 0.400. The van der Waals surface area contributed by atoms with Crippen molar-refractivity contribution in [3.05, 3.63) is 30.1 Å². The highest BCUT2D eigenvalue weighted by Crippen LogP contribution is 2.27. The molecule has 3 rings (SSSR count). The van der Waals surface area contributed by atoms with E-state index in [4.69, 9.17) is 5.73 Å². The van der Waals surface area contributed by atoms with Crippen LogP contribution in [-0.2, 0) is 4.79 Å². The number of nitrogens with zero attached hydrogens (tertiary/aromatic N) is 3. The first-order valence-corrected chi connectivity index (χ1v) is 7.14. The molecular formula is C15H18N4O2. The molecule has 1 aliphatic heterocycles. The zero-order valence-corrected chi connectivity index (χ0v) is 11.7. The Bertz CT molecular complexity index is 671. The molecule has 3 heterocycles. The molecule has 0 aliphatic carbocycles. The summed E-state index contributed by atoms with van der Waals surface area (Å²) in [7, 11) is 0. The van der Waals surface area contributed by atoms with E-state index in [1.807, 2.05) is 24.4 Å². The second-order valence-electron chi connectivity index (χ2n) is 5.47. The van der Waals surface area contributed by atoms with Crippen LogP contribution in [0.2, 0.25) is 0 Å². The van der Waals surface area contributed by atoms with Crippen LogP contribution in [0.5, 0.6) is 0 Å². The molecule has 21 heavy (non-hydrogen) atoms. The maximum absolute atomic E-state index is 11.4. The van der Waals surface area contributed by atoms with Gasteiger partial charge in [-0.25, -0.2) is 4.98 Å². The Hall–Kier alpha value is -2.37. The van der Waals surface area contributed by atoms with E-state index in [1.54, 1.807) is 4.40 Å². The smallest absolute Gasteiger partial charge is 0.217 e. The number of aldehydes is 1. The largest absolute Gasteiger partial charge is 0.370 e. The van der Waals surface area contributed by atoms with Crippen molar-refractivity contribution in [1.82, 2.24) is 9.38 Å². The monoisotopic (exact) mass is 286 g/mol. The van der Waals surface area contributed by atoms with Crippen molar-refractivity contribution >= 4 is 23.7 Å². The van der Waals surface area contributed by atoms with Crippen LogP contribution in [0.25, 0.3) is 5.65 Å². The highest BCUT2D eigenvalue weighted by Gasteiger charge is 2.24. The molecule has 0 aromatic carbocycles. The number of hydrogen-bond donors (Lipinski definition) is 1. The SMILES string of the molecule is NC(=O)CC1CCN(c2nc3ccccn3c2C=O)CC1. The van der Waals surface area contributed by atoms with E-state index in [2.05, 4.69) is 9.88 Å². The first-order chi connectivity index (χ1) is 10.2. The van der Waals surface area contributed by atoms with Crippen LogP contribution >= 0.6 is 0 Å². The van der Waals surface area contributed by atoms with Gasteiger partial charge in [-0.1, -0.05) is 6.07 Å². The summed E-state index contributed by atoms with van der Waals surface area (Å²) < 4.78 is 1.80. The van der Waals surface area contributed by atoms with Gasteiger partial charge in [0.25, 0.3) is 0 Å². The van der Waals surface area contributed by atoms with Crippen molar-refractivity contribution in [3.63, 3.8) is 0 Å². The predicted octanol–water partition coefficient (Wildman–Crippen LogP) is 1.24. The Morgan fingerprint density at radius 1 is 1.38 bits per heavy atom. The lowest BCUT2D eigenvalue weighted by Crippen LogP contribution is -2.35. The van der Waals surface area contributed by atoms with E-state index in [-0.39, 0.29) is 5.91 Å². The summed E-state index contributed by atoms with van der Waals surface area (Å²) in [5.41, 5.74) is 6.61. The van der Waals surface area contributed by atoms with Crippen molar-refractivity contribution in [1.29, 1.82) is 0 Å². The highest BCUT2D eigenvalue weighted by atomic mass is 16.1. The zero-order valence-electron chi connectivity index (χ0n) is 11.7. The molecule has 6 nitrogen and oxygen atoms in total. The van der Waals surface area contributed by atoms with Crippen LogP contribution in [0, 0.1) is 5.92 Å². The highest BCUT2D eigenvalue weighted by molar-refractivity contribution is 5.83. The van der Waals surface area contributed by atoms with Crippen molar-refractivity contribution in [3.8, 4) is 0 Å². The maximum atomic E-state index is 11.4. The lowest BCUT2D eigenvalue weighted by atomic mass is 9.93. The molecule has 2 N–H and O–H groups in total. The van der Waals surface area contributed by atoms with Gasteiger partial charge in [-0.05, 0) is 30.9 Å². The van der Waals surface area contributed by atoms with Crippen LogP contribution in [0.1, 0.15) is 29.8 Å². The number of nitrogens with two attached hydrogens (primary N) is 1. The van der Waals surface area contributed by atoms with Crippen LogP contribution in [0.15, 0.2) is 24.4 Å². The summed E-state index contributed by atoms with van der Waals surface area (Å²) in [6.07, 6.45) is 4.93. The van der Waals surface area contributed by atoms with Gasteiger partial charge in [0.05, 0.1) is 0 Å². The Morgan fingerprint density at radius 3 is 2.81 bits per heavy atom. The van der Waals surface area contributed by atoms with Crippen molar-refractivity contribution in [2.75, 3.05) is 18.0 Å². The summed E-state index contributed by atoms with van der Waals surface area (Å²) >= 11 is 0. The summed E-state index contributed by atoms with van der Waals surface area (Å²) in [6.45, 7) is 1.59. The summed E-state index contributed by atoms with van der Waals surface area (Å²) in [6, 6.07) is 5.67. The lowest BCUT2D eigenvalue weighted by Gasteiger charge is -2.31. The lowest BCUT2D eigenvalue weighted by molar-refractivity contribution is -0.119. The Kier molecular flexibility index (Phi) is 3.60. The first-order valence-electron chi connectivity index (χ1n) is 7.14. The molecule has 110 valence electrons. The fourth-order valence-electron chi connectivity index (χ4n) is 2.98. The van der Waals surface area contributed by atoms with E-state index >= 15 is 0 Å². The van der Waals surface area contributed by atoms with E-state index in [0.717, 1.165) is 43.7 Å². The molecule has 6 heteroatoms. The van der Waals surface area contributed by atoms with Gasteiger partial charge in [-0.3, -0.25) is 14.0 Å². The number of pyridine rings is 1. The summed E-state index contributed by atoms with van der Waals surface area (Å²) in [5.74, 6) is 0.832. The molecular weight excluding hydrogens is 268 g/mol. The number of carbonyl (C=O) groups is 2. The van der Waals surface area contributed by atoms with Gasteiger partial charge in [0.15, 0.2) is 12.1 Å². The van der Waals surface area contributed by atoms with Crippen LogP contribution in [0.3, 0.4) is 0 Å². The molecule has 0 saturated carbocycles. The van der Waals surface area contributed by atoms with Gasteiger partial charge in [0.2, 0.25) is 5.91 Å². The van der Waals surface area contributed by atoms with Gasteiger partial charge in [-0.15, -0.1) is 0 Å². The number of piperidine rings is 1. The van der Waals surface area contributed by atoms with Crippen molar-refractivity contribution in [2.45, 2.75) is 19.3 Å². The van der Waals surface area contributed by atoms with Crippen molar-refractivity contribution in [2.24, 2.45) is 11.7 Å². The number of anilines is 1. The molecule has 0 radical (unpaired) electrons. The summed E-state index contributed by atoms with van der Waals surface area (Å²) in [5, 5.41) is 0. The van der Waals surface area contributed by atoms with Gasteiger partial charge in [0, 0.05) is 25.7 Å². The van der Waals surface area contributed by atoms with Gasteiger partial charge in [0.1, 0.15) is 11.3 Å². The average molecular weight is 286 g/mol. The minimum absolute atomic E-state index is 0.241. The second-order valence-corrected chi connectivity index (χ2v) is 5.47. The number of carbonyl (C=O) groups excluding carboxylic acids is 2. The van der Waals surface area contributed by atoms with Crippen LogP contribution in [0.4, 0.5) is 5.82 Å². The Balaban J connectivity index is 1.82. The molecule has 2 aromatic rings. The van der Waals surface area contributed by atoms with E-state index < -0.39 is 0 Å². The quantitative estimate of drug-likeness (QED) is 0.857. The summed E-state index contributed by atoms with van der Waals surface area (Å²) in [4.78, 5) is 29.1. The number of rotatable bonds is 4. The van der Waals surface area contributed by atoms with Crippen molar-refractivity contribution < 1.29 is 9.59 Å². The molecule has 0 atom stereocenters. The van der Waals surface area contributed by atoms with Gasteiger partial charge < -0.3 is 10.6 Å². The standard InChI is InChI=1S/C15H18N4O2/c16-13(21)9-11-4-7-18(8-5-11)15-12(10-20)19-6-2-1-3-14(19)17-15/h1-3,6,10-11H,4-5,7-9H2,(H2,16,21). The van der Waals surface area contributed by atoms with E-state index in [0.29, 0.717) is 18.0 Å². The van der Waals surface area contributed by atoms with E-state index in [1.165, 1.54) is 0 Å². The third kappa shape index (κ3) is 2.61. The first kappa shape index (κ1) is 13.6. The zero-order chi connectivity index (χ0) is 14.8. The molecule has 1 aliphatic rings. The predicted molar refractivity (Wildman–Crippen MR) is 79.3 cm³/mol. The number of hydrogen-bond acceptors (Lipinski definition) is 4. The second kappa shape index (κ2) is 5.55. The topological polar surface area (TPSA) is 80.7 Å². The number of fused-ring (bicyclic) bond motifs is 1. The average Bonchev–Trinajstić information content (AvgIpc) is 2.86. The molecule has 1 fully saturated rings. The van der Waals surface area contributed by atoms with Gasteiger partial charge in [-0.2, -0.15) is 0 Å². The number of amides is 1. The minimum Gasteiger partial charge on any atom is -0.370 e. The Morgan fingerprint density at radius 2 is 2.14 bits per heavy atom. The molecule has 0 spiro atoms. The third-order valence-corrected chi connectivity index (χ3v) is 4.06. The number of primary amides is 1. The number of imidazole rings is 1. The normalized spacial score (nSPS) is 16.3. The molecule has 1 amide bonds. The molecule has 0 bridgehead atoms. The van der Waals surface area contributed by atoms with Crippen LogP contribution < -0.4 is 10.6 Å². The third-order valence-electron chi connectivity index (χ3n) is 4.06. The fourth-order valence-corrected chi connectivity index (χ4v) is 2.98. The Labute approximate surface area is 122 Å². The van der Waals surface area contributed by atoms with E-state index in [9.17, 15) is 9.59 Å². The van der Waals surface area contributed by atoms with Crippen LogP contribution in [-0.4, -0.2) is 34.7 Å². The molecule has 1 saturated heterocycles. The minimum atomic E-state index is -0.241.